The van der Waals surface area contributed by atoms with Crippen LogP contribution in [0.15, 0.2) is 24.3 Å². The van der Waals surface area contributed by atoms with Crippen molar-refractivity contribution in [1.29, 1.82) is 0 Å². The van der Waals surface area contributed by atoms with E-state index < -0.39 is 9.05 Å². The second-order valence-corrected chi connectivity index (χ2v) is 5.79. The summed E-state index contributed by atoms with van der Waals surface area (Å²) in [6, 6.07) is 7.77. The Morgan fingerprint density at radius 1 is 0.944 bits per heavy atom. The van der Waals surface area contributed by atoms with Crippen LogP contribution in [0.1, 0.15) is 26.3 Å². The lowest BCUT2D eigenvalue weighted by atomic mass is 10.2. The first-order chi connectivity index (χ1) is 8.65. The van der Waals surface area contributed by atoms with Gasteiger partial charge in [0.15, 0.2) is 0 Å². The zero-order chi connectivity index (χ0) is 13.4. The van der Waals surface area contributed by atoms with Gasteiger partial charge in [0.2, 0.25) is 0 Å². The third kappa shape index (κ3) is 4.42. The van der Waals surface area contributed by atoms with E-state index in [2.05, 4.69) is 0 Å². The molecule has 0 aliphatic heterocycles. The van der Waals surface area contributed by atoms with Crippen LogP contribution in [0.2, 0.25) is 0 Å². The lowest BCUT2D eigenvalue weighted by molar-refractivity contribution is 0.00969. The summed E-state index contributed by atoms with van der Waals surface area (Å²) >= 11 is 0. The van der Waals surface area contributed by atoms with E-state index in [0.29, 0.717) is 19.8 Å². The van der Waals surface area contributed by atoms with Crippen LogP contribution in [0.25, 0.3) is 0 Å². The molecule has 102 valence electrons. The molecule has 1 aromatic carbocycles. The van der Waals surface area contributed by atoms with Crippen LogP contribution < -0.4 is 4.43 Å². The maximum absolute atomic E-state index is 5.88. The van der Waals surface area contributed by atoms with Gasteiger partial charge in [0.05, 0.1) is 0 Å². The molecule has 0 radical (unpaired) electrons. The second-order valence-electron chi connectivity index (χ2n) is 3.72. The molecular formula is C13H22O4Si. The third-order valence-corrected chi connectivity index (χ3v) is 4.61. The van der Waals surface area contributed by atoms with Crippen molar-refractivity contribution in [3.05, 3.63) is 29.8 Å². The van der Waals surface area contributed by atoms with Gasteiger partial charge in [-0.15, -0.1) is 0 Å². The highest BCUT2D eigenvalue weighted by molar-refractivity contribution is 6.54. The molecule has 1 aromatic rings. The number of hydrogen-bond donors (Lipinski definition) is 0. The molecule has 0 aliphatic rings. The third-order valence-electron chi connectivity index (χ3n) is 2.20. The largest absolute Gasteiger partial charge is 0.749 e. The minimum absolute atomic E-state index is 0.498. The van der Waals surface area contributed by atoms with Crippen LogP contribution in [0.3, 0.4) is 0 Å². The van der Waals surface area contributed by atoms with Crippen molar-refractivity contribution in [3.63, 3.8) is 0 Å². The van der Waals surface area contributed by atoms with Gasteiger partial charge < -0.3 is 17.7 Å². The molecule has 0 amide bonds. The molecule has 0 fully saturated rings. The van der Waals surface area contributed by atoms with Crippen LogP contribution in [-0.2, 0) is 13.3 Å². The lowest BCUT2D eigenvalue weighted by Crippen LogP contribution is -2.52. The normalized spacial score (nSPS) is 11.6. The van der Waals surface area contributed by atoms with Crippen molar-refractivity contribution in [1.82, 2.24) is 0 Å². The minimum Gasteiger partial charge on any atom is -0.480 e. The Kier molecular flexibility index (Phi) is 6.35. The summed E-state index contributed by atoms with van der Waals surface area (Å²) in [5.41, 5.74) is 1.12. The Morgan fingerprint density at radius 2 is 1.50 bits per heavy atom. The van der Waals surface area contributed by atoms with Crippen LogP contribution in [0.4, 0.5) is 0 Å². The molecule has 0 aliphatic carbocycles. The van der Waals surface area contributed by atoms with Crippen LogP contribution in [-0.4, -0.2) is 28.9 Å². The number of rotatable bonds is 8. The SMILES string of the molecule is CCO[Si](OCC)(OCC)Oc1cccc(C)c1. The fraction of sp³-hybridized carbons (Fsp3) is 0.538. The molecule has 0 bridgehead atoms. The average molecular weight is 270 g/mol. The molecule has 0 spiro atoms. The highest BCUT2D eigenvalue weighted by Gasteiger charge is 2.47. The Morgan fingerprint density at radius 3 is 1.94 bits per heavy atom. The first-order valence-electron chi connectivity index (χ1n) is 6.33. The van der Waals surface area contributed by atoms with Crippen molar-refractivity contribution in [2.24, 2.45) is 0 Å². The molecule has 1 rings (SSSR count). The highest BCUT2D eigenvalue weighted by atomic mass is 28.4. The van der Waals surface area contributed by atoms with Gasteiger partial charge in [0, 0.05) is 19.8 Å². The molecule has 4 nitrogen and oxygen atoms in total. The zero-order valence-electron chi connectivity index (χ0n) is 11.6. The van der Waals surface area contributed by atoms with Crippen molar-refractivity contribution in [2.75, 3.05) is 19.8 Å². The molecule has 0 heterocycles. The molecule has 0 unspecified atom stereocenters. The molecular weight excluding hydrogens is 248 g/mol. The van der Waals surface area contributed by atoms with E-state index in [1.807, 2.05) is 52.0 Å². The van der Waals surface area contributed by atoms with E-state index in [1.54, 1.807) is 0 Å². The zero-order valence-corrected chi connectivity index (χ0v) is 12.6. The van der Waals surface area contributed by atoms with Crippen molar-refractivity contribution in [2.45, 2.75) is 27.7 Å². The molecule has 0 saturated carbocycles. The van der Waals surface area contributed by atoms with Gasteiger partial charge in [-0.2, -0.15) is 0 Å². The van der Waals surface area contributed by atoms with E-state index in [9.17, 15) is 0 Å². The number of hydrogen-bond acceptors (Lipinski definition) is 4. The van der Waals surface area contributed by atoms with E-state index in [0.717, 1.165) is 11.3 Å². The molecule has 0 N–H and O–H groups in total. The van der Waals surface area contributed by atoms with Gasteiger partial charge >= 0.3 is 9.05 Å². The summed E-state index contributed by atoms with van der Waals surface area (Å²) in [5, 5.41) is 0. The Balaban J connectivity index is 2.87. The topological polar surface area (TPSA) is 36.9 Å². The van der Waals surface area contributed by atoms with E-state index in [-0.39, 0.29) is 0 Å². The number of benzene rings is 1. The first-order valence-corrected chi connectivity index (χ1v) is 7.96. The standard InChI is InChI=1S/C13H22O4Si/c1-5-14-18(15-6-2,16-7-3)17-13-10-8-9-12(4)11-13/h8-11H,5-7H2,1-4H3. The molecule has 0 saturated heterocycles. The summed E-state index contributed by atoms with van der Waals surface area (Å²) in [6.45, 7) is 9.21. The quantitative estimate of drug-likeness (QED) is 0.681. The van der Waals surface area contributed by atoms with Crippen molar-refractivity contribution >= 4 is 9.05 Å². The molecule has 5 heteroatoms. The van der Waals surface area contributed by atoms with Crippen LogP contribution >= 0.6 is 0 Å². The van der Waals surface area contributed by atoms with Gasteiger partial charge in [-0.25, -0.2) is 0 Å². The van der Waals surface area contributed by atoms with Crippen LogP contribution in [0.5, 0.6) is 5.75 Å². The average Bonchev–Trinajstić information content (AvgIpc) is 2.30. The summed E-state index contributed by atoms with van der Waals surface area (Å²) < 4.78 is 22.8. The summed E-state index contributed by atoms with van der Waals surface area (Å²) in [4.78, 5) is 0. The predicted molar refractivity (Wildman–Crippen MR) is 72.4 cm³/mol. The predicted octanol–water partition coefficient (Wildman–Crippen LogP) is 2.92. The highest BCUT2D eigenvalue weighted by Crippen LogP contribution is 2.20. The number of aryl methyl sites for hydroxylation is 1. The van der Waals surface area contributed by atoms with Gasteiger partial charge in [0.1, 0.15) is 5.75 Å². The van der Waals surface area contributed by atoms with Crippen molar-refractivity contribution in [3.8, 4) is 5.75 Å². The maximum atomic E-state index is 5.88. The Bertz CT molecular complexity index is 340. The molecule has 0 aromatic heterocycles. The molecule has 18 heavy (non-hydrogen) atoms. The fourth-order valence-electron chi connectivity index (χ4n) is 1.57. The lowest BCUT2D eigenvalue weighted by Gasteiger charge is -2.27. The second kappa shape index (κ2) is 7.53. The van der Waals surface area contributed by atoms with E-state index in [1.165, 1.54) is 0 Å². The van der Waals surface area contributed by atoms with E-state index >= 15 is 0 Å². The summed E-state index contributed by atoms with van der Waals surface area (Å²) in [5.74, 6) is 0.719. The van der Waals surface area contributed by atoms with Crippen LogP contribution in [0, 0.1) is 6.92 Å². The molecule has 0 atom stereocenters. The smallest absolute Gasteiger partial charge is 0.480 e. The van der Waals surface area contributed by atoms with Crippen molar-refractivity contribution < 1.29 is 17.7 Å². The van der Waals surface area contributed by atoms with Gasteiger partial charge in [-0.3, -0.25) is 0 Å². The minimum atomic E-state index is -3.06. The Hall–Kier alpha value is -0.883. The van der Waals surface area contributed by atoms with Gasteiger partial charge in [0.25, 0.3) is 0 Å². The first kappa shape index (κ1) is 15.2. The van der Waals surface area contributed by atoms with Gasteiger partial charge in [-0.05, 0) is 45.4 Å². The monoisotopic (exact) mass is 270 g/mol. The fourth-order valence-corrected chi connectivity index (χ4v) is 3.47. The summed E-state index contributed by atoms with van der Waals surface area (Å²) in [7, 11) is -3.06. The van der Waals surface area contributed by atoms with E-state index in [4.69, 9.17) is 17.7 Å². The van der Waals surface area contributed by atoms with Gasteiger partial charge in [-0.1, -0.05) is 12.1 Å². The summed E-state index contributed by atoms with van der Waals surface area (Å²) in [6.07, 6.45) is 0. The Labute approximate surface area is 110 Å². The maximum Gasteiger partial charge on any atom is 0.749 e.